The molecule has 2 aliphatic rings. The second-order valence-corrected chi connectivity index (χ2v) is 2.04. The Balaban J connectivity index is 2.39. The van der Waals surface area contributed by atoms with E-state index in [4.69, 9.17) is 0 Å². The maximum Gasteiger partial charge on any atom is 0.0370 e. The van der Waals surface area contributed by atoms with Crippen LogP contribution in [-0.4, -0.2) is 0 Å². The zero-order valence-corrected chi connectivity index (χ0v) is 4.46. The maximum absolute atomic E-state index is 3.14. The minimum absolute atomic E-state index is 0.565. The first-order valence-corrected chi connectivity index (χ1v) is 2.78. The highest BCUT2D eigenvalue weighted by Gasteiger charge is 2.13. The van der Waals surface area contributed by atoms with Crippen LogP contribution in [0.5, 0.6) is 0 Å². The Bertz CT molecular complexity index is 187. The lowest BCUT2D eigenvalue weighted by atomic mass is 10.1. The molecule has 0 bridgehead atoms. The van der Waals surface area contributed by atoms with Crippen LogP contribution in [0, 0.1) is 5.92 Å². The van der Waals surface area contributed by atoms with Gasteiger partial charge in [0.05, 0.1) is 0 Å². The molecule has 0 saturated heterocycles. The van der Waals surface area contributed by atoms with Crippen molar-refractivity contribution >= 4 is 0 Å². The van der Waals surface area contributed by atoms with E-state index in [0.29, 0.717) is 5.92 Å². The fraction of sp³-hybridized carbons (Fsp3) is 0.143. The Hall–Kier alpha value is -0.980. The van der Waals surface area contributed by atoms with E-state index in [0.717, 1.165) is 0 Å². The third-order valence-corrected chi connectivity index (χ3v) is 1.51. The molecule has 0 fully saturated rings. The van der Waals surface area contributed by atoms with Gasteiger partial charge in [-0.15, -0.1) is 0 Å². The molecule has 0 aromatic heterocycles. The molecule has 1 N–H and O–H groups in total. The zero-order chi connectivity index (χ0) is 5.40. The molecule has 1 atom stereocenters. The van der Waals surface area contributed by atoms with E-state index in [-0.39, 0.29) is 0 Å². The Morgan fingerprint density at radius 2 is 2.38 bits per heavy atom. The molecule has 1 heteroatoms. The van der Waals surface area contributed by atoms with Gasteiger partial charge < -0.3 is 5.32 Å². The van der Waals surface area contributed by atoms with Crippen molar-refractivity contribution in [1.82, 2.24) is 5.32 Å². The first kappa shape index (κ1) is 3.96. The second kappa shape index (κ2) is 1.25. The normalized spacial score (nSPS) is 30.0. The van der Waals surface area contributed by atoms with E-state index in [1.54, 1.807) is 0 Å². The fourth-order valence-electron chi connectivity index (χ4n) is 1.05. The molecule has 0 saturated carbocycles. The van der Waals surface area contributed by atoms with Crippen LogP contribution in [0.15, 0.2) is 36.2 Å². The lowest BCUT2D eigenvalue weighted by Crippen LogP contribution is -2.00. The van der Waals surface area contributed by atoms with Gasteiger partial charge in [0.15, 0.2) is 0 Å². The standard InChI is InChI=1S/C7H7N/c1-2-6-4-5-8-7(6)3-1/h1-6,8H. The van der Waals surface area contributed by atoms with Crippen molar-refractivity contribution in [2.45, 2.75) is 0 Å². The first-order chi connectivity index (χ1) is 3.97. The summed E-state index contributed by atoms with van der Waals surface area (Å²) in [6.45, 7) is 0. The van der Waals surface area contributed by atoms with Crippen LogP contribution in [0.3, 0.4) is 0 Å². The number of nitrogens with one attached hydrogen (secondary N) is 1. The maximum atomic E-state index is 3.14. The summed E-state index contributed by atoms with van der Waals surface area (Å²) in [6, 6.07) is 0. The predicted octanol–water partition coefficient (Wildman–Crippen LogP) is 1.17. The topological polar surface area (TPSA) is 12.0 Å². The third kappa shape index (κ3) is 0.360. The Kier molecular flexibility index (Phi) is 0.618. The average molecular weight is 105 g/mol. The van der Waals surface area contributed by atoms with Gasteiger partial charge >= 0.3 is 0 Å². The Morgan fingerprint density at radius 1 is 1.38 bits per heavy atom. The molecule has 1 heterocycles. The van der Waals surface area contributed by atoms with Crippen LogP contribution in [0.4, 0.5) is 0 Å². The molecule has 0 aromatic rings. The summed E-state index contributed by atoms with van der Waals surface area (Å²) in [5, 5.41) is 3.14. The number of rotatable bonds is 0. The predicted molar refractivity (Wildman–Crippen MR) is 33.0 cm³/mol. The van der Waals surface area contributed by atoms with Crippen LogP contribution in [-0.2, 0) is 0 Å². The van der Waals surface area contributed by atoms with E-state index in [1.165, 1.54) is 5.70 Å². The molecule has 0 amide bonds. The van der Waals surface area contributed by atoms with Gasteiger partial charge in [0, 0.05) is 11.6 Å². The van der Waals surface area contributed by atoms with Gasteiger partial charge in [0.1, 0.15) is 0 Å². The SMILES string of the molecule is C1=CC2C=CNC2=C1. The second-order valence-electron chi connectivity index (χ2n) is 2.04. The van der Waals surface area contributed by atoms with E-state index < -0.39 is 0 Å². The summed E-state index contributed by atoms with van der Waals surface area (Å²) >= 11 is 0. The summed E-state index contributed by atoms with van der Waals surface area (Å²) < 4.78 is 0. The van der Waals surface area contributed by atoms with Gasteiger partial charge in [-0.05, 0) is 12.3 Å². The molecule has 40 valence electrons. The van der Waals surface area contributed by atoms with Crippen LogP contribution in [0.1, 0.15) is 0 Å². The van der Waals surface area contributed by atoms with Crippen LogP contribution in [0.2, 0.25) is 0 Å². The third-order valence-electron chi connectivity index (χ3n) is 1.51. The molecule has 1 aliphatic heterocycles. The van der Waals surface area contributed by atoms with Crippen molar-refractivity contribution in [1.29, 1.82) is 0 Å². The van der Waals surface area contributed by atoms with Crippen LogP contribution >= 0.6 is 0 Å². The average Bonchev–Trinajstić information content (AvgIpc) is 2.15. The fourth-order valence-corrected chi connectivity index (χ4v) is 1.05. The Labute approximate surface area is 48.4 Å². The molecular weight excluding hydrogens is 98.1 g/mol. The van der Waals surface area contributed by atoms with Crippen molar-refractivity contribution in [2.24, 2.45) is 5.92 Å². The molecule has 1 unspecified atom stereocenters. The molecular formula is C7H7N. The summed E-state index contributed by atoms with van der Waals surface area (Å²) in [5.74, 6) is 0.565. The van der Waals surface area contributed by atoms with Crippen molar-refractivity contribution in [2.75, 3.05) is 0 Å². The summed E-state index contributed by atoms with van der Waals surface area (Å²) in [4.78, 5) is 0. The van der Waals surface area contributed by atoms with E-state index in [9.17, 15) is 0 Å². The van der Waals surface area contributed by atoms with Crippen molar-refractivity contribution < 1.29 is 0 Å². The quantitative estimate of drug-likeness (QED) is 0.487. The molecule has 0 spiro atoms. The monoisotopic (exact) mass is 105 g/mol. The van der Waals surface area contributed by atoms with Crippen LogP contribution in [0.25, 0.3) is 0 Å². The van der Waals surface area contributed by atoms with Gasteiger partial charge in [0.2, 0.25) is 0 Å². The van der Waals surface area contributed by atoms with Crippen molar-refractivity contribution in [3.8, 4) is 0 Å². The van der Waals surface area contributed by atoms with Crippen molar-refractivity contribution in [3.05, 3.63) is 36.2 Å². The minimum Gasteiger partial charge on any atom is -0.365 e. The van der Waals surface area contributed by atoms with E-state index in [1.807, 2.05) is 6.20 Å². The zero-order valence-electron chi connectivity index (χ0n) is 4.46. The van der Waals surface area contributed by atoms with Crippen molar-refractivity contribution in [3.63, 3.8) is 0 Å². The highest BCUT2D eigenvalue weighted by Crippen LogP contribution is 2.21. The molecule has 1 aliphatic carbocycles. The smallest absolute Gasteiger partial charge is 0.0370 e. The van der Waals surface area contributed by atoms with Crippen LogP contribution < -0.4 is 5.32 Å². The first-order valence-electron chi connectivity index (χ1n) is 2.78. The van der Waals surface area contributed by atoms with Gasteiger partial charge in [-0.1, -0.05) is 18.2 Å². The lowest BCUT2D eigenvalue weighted by Gasteiger charge is -1.97. The minimum atomic E-state index is 0.565. The largest absolute Gasteiger partial charge is 0.365 e. The summed E-state index contributed by atoms with van der Waals surface area (Å²) in [6.07, 6.45) is 10.5. The highest BCUT2D eigenvalue weighted by atomic mass is 14.9. The Morgan fingerprint density at radius 3 is 3.25 bits per heavy atom. The van der Waals surface area contributed by atoms with Gasteiger partial charge in [-0.3, -0.25) is 0 Å². The van der Waals surface area contributed by atoms with E-state index in [2.05, 4.69) is 29.6 Å². The number of hydrogen-bond acceptors (Lipinski definition) is 1. The molecule has 0 radical (unpaired) electrons. The summed E-state index contributed by atoms with van der Waals surface area (Å²) in [5.41, 5.74) is 1.31. The van der Waals surface area contributed by atoms with E-state index >= 15 is 0 Å². The number of allylic oxidation sites excluding steroid dienone is 3. The summed E-state index contributed by atoms with van der Waals surface area (Å²) in [7, 11) is 0. The highest BCUT2D eigenvalue weighted by molar-refractivity contribution is 5.34. The van der Waals surface area contributed by atoms with Gasteiger partial charge in [0.25, 0.3) is 0 Å². The lowest BCUT2D eigenvalue weighted by molar-refractivity contribution is 0.950. The molecule has 0 aromatic carbocycles. The van der Waals surface area contributed by atoms with Gasteiger partial charge in [-0.25, -0.2) is 0 Å². The molecule has 1 nitrogen and oxygen atoms in total. The molecule has 2 rings (SSSR count). The number of fused-ring (bicyclic) bond motifs is 1. The van der Waals surface area contributed by atoms with Gasteiger partial charge in [-0.2, -0.15) is 0 Å². The number of hydrogen-bond donors (Lipinski definition) is 1. The molecule has 8 heavy (non-hydrogen) atoms.